The number of benzene rings is 3. The van der Waals surface area contributed by atoms with Crippen LogP contribution in [-0.2, 0) is 26.7 Å². The van der Waals surface area contributed by atoms with Crippen LogP contribution in [0.3, 0.4) is 0 Å². The largest absolute Gasteiger partial charge is 0.298 e. The number of fused-ring (bicyclic) bond motifs is 2. The van der Waals surface area contributed by atoms with Crippen molar-refractivity contribution in [2.24, 2.45) is 0 Å². The van der Waals surface area contributed by atoms with E-state index in [4.69, 9.17) is 0 Å². The molecule has 1 spiro atoms. The summed E-state index contributed by atoms with van der Waals surface area (Å²) < 4.78 is 55.8. The minimum atomic E-state index is -4.33. The molecular formula is C26H21F2NO3S. The monoisotopic (exact) mass is 465 g/mol. The molecule has 168 valence electrons. The van der Waals surface area contributed by atoms with Gasteiger partial charge in [-0.2, -0.15) is 0 Å². The quantitative estimate of drug-likeness (QED) is 0.551. The highest BCUT2D eigenvalue weighted by Gasteiger charge is 2.51. The van der Waals surface area contributed by atoms with Crippen molar-refractivity contribution < 1.29 is 22.0 Å². The molecule has 0 amide bonds. The van der Waals surface area contributed by atoms with Crippen molar-refractivity contribution in [3.8, 4) is 0 Å². The fourth-order valence-corrected chi connectivity index (χ4v) is 5.98. The maximum absolute atomic E-state index is 14.2. The summed E-state index contributed by atoms with van der Waals surface area (Å²) in [5.74, 6) is -1.91. The first-order valence-corrected chi connectivity index (χ1v) is 12.1. The molecule has 0 atom stereocenters. The number of nitrogens with one attached hydrogen (secondary N) is 1. The standard InChI is InChI=1S/C26H21F2NO3S/c1-16(17-6-3-2-4-7-17)20-13-19(14-22-21(20)15-25(30)26(22)10-5-11-26)29-33(31,32)24-9-8-18(27)12-23(24)28/h2-4,6-9,12-14,29H,1,5,10-11,15H2. The Kier molecular flexibility index (Phi) is 4.97. The minimum absolute atomic E-state index is 0.135. The van der Waals surface area contributed by atoms with Gasteiger partial charge < -0.3 is 0 Å². The van der Waals surface area contributed by atoms with Crippen LogP contribution in [0.15, 0.2) is 72.1 Å². The molecule has 7 heteroatoms. The highest BCUT2D eigenvalue weighted by molar-refractivity contribution is 7.92. The molecule has 0 aliphatic heterocycles. The first-order chi connectivity index (χ1) is 15.7. The van der Waals surface area contributed by atoms with Crippen LogP contribution >= 0.6 is 0 Å². The van der Waals surface area contributed by atoms with E-state index in [9.17, 15) is 22.0 Å². The van der Waals surface area contributed by atoms with Crippen molar-refractivity contribution in [2.75, 3.05) is 4.72 Å². The molecule has 5 rings (SSSR count). The van der Waals surface area contributed by atoms with Crippen LogP contribution in [0.1, 0.15) is 41.5 Å². The molecule has 3 aromatic rings. The van der Waals surface area contributed by atoms with Gasteiger partial charge in [-0.25, -0.2) is 17.2 Å². The molecule has 0 radical (unpaired) electrons. The molecule has 1 saturated carbocycles. The summed E-state index contributed by atoms with van der Waals surface area (Å²) in [6.07, 6.45) is 2.64. The van der Waals surface area contributed by atoms with E-state index < -0.39 is 32.0 Å². The Bertz CT molecular complexity index is 1410. The lowest BCUT2D eigenvalue weighted by atomic mass is 9.64. The summed E-state index contributed by atoms with van der Waals surface area (Å²) in [7, 11) is -4.33. The first kappa shape index (κ1) is 21.5. The fourth-order valence-electron chi connectivity index (χ4n) is 4.87. The molecule has 1 fully saturated rings. The van der Waals surface area contributed by atoms with Crippen LogP contribution in [0.2, 0.25) is 0 Å². The van der Waals surface area contributed by atoms with E-state index in [0.29, 0.717) is 17.2 Å². The van der Waals surface area contributed by atoms with E-state index in [-0.39, 0.29) is 17.9 Å². The molecule has 0 saturated heterocycles. The molecule has 0 aromatic heterocycles. The molecule has 4 nitrogen and oxygen atoms in total. The maximum atomic E-state index is 14.2. The molecular weight excluding hydrogens is 444 g/mol. The number of hydrogen-bond acceptors (Lipinski definition) is 3. The Balaban J connectivity index is 1.63. The normalized spacial score (nSPS) is 16.4. The van der Waals surface area contributed by atoms with Gasteiger partial charge in [-0.05, 0) is 64.9 Å². The van der Waals surface area contributed by atoms with Crippen molar-refractivity contribution in [3.63, 3.8) is 0 Å². The zero-order valence-corrected chi connectivity index (χ0v) is 18.5. The highest BCUT2D eigenvalue weighted by atomic mass is 32.2. The van der Waals surface area contributed by atoms with Gasteiger partial charge in [0.25, 0.3) is 10.0 Å². The van der Waals surface area contributed by atoms with E-state index in [1.807, 2.05) is 30.3 Å². The summed E-state index contributed by atoms with van der Waals surface area (Å²) >= 11 is 0. The Morgan fingerprint density at radius 3 is 2.36 bits per heavy atom. The SMILES string of the molecule is C=C(c1ccccc1)c1cc(NS(=O)(=O)c2ccc(F)cc2F)cc2c1CC(=O)C21CCC1. The molecule has 33 heavy (non-hydrogen) atoms. The van der Waals surface area contributed by atoms with Crippen molar-refractivity contribution in [1.29, 1.82) is 0 Å². The fraction of sp³-hybridized carbons (Fsp3) is 0.192. The van der Waals surface area contributed by atoms with Gasteiger partial charge in [0.15, 0.2) is 0 Å². The van der Waals surface area contributed by atoms with Crippen molar-refractivity contribution in [1.82, 2.24) is 0 Å². The lowest BCUT2D eigenvalue weighted by Gasteiger charge is -2.38. The topological polar surface area (TPSA) is 63.2 Å². The van der Waals surface area contributed by atoms with E-state index in [0.717, 1.165) is 48.1 Å². The molecule has 2 aliphatic rings. The van der Waals surface area contributed by atoms with Crippen LogP contribution in [0.4, 0.5) is 14.5 Å². The number of carbonyl (C=O) groups excluding carboxylic acids is 1. The summed E-state index contributed by atoms with van der Waals surface area (Å²) in [6.45, 7) is 4.22. The number of Topliss-reactive ketones (excluding diaryl/α,β-unsaturated/α-hetero) is 1. The zero-order chi connectivity index (χ0) is 23.4. The predicted octanol–water partition coefficient (Wildman–Crippen LogP) is 5.37. The number of anilines is 1. The first-order valence-electron chi connectivity index (χ1n) is 10.6. The van der Waals surface area contributed by atoms with Crippen LogP contribution in [0, 0.1) is 11.6 Å². The van der Waals surface area contributed by atoms with Crippen LogP contribution in [0.5, 0.6) is 0 Å². The average molecular weight is 466 g/mol. The Hall–Kier alpha value is -3.32. The number of rotatable bonds is 5. The van der Waals surface area contributed by atoms with Gasteiger partial charge in [0, 0.05) is 18.2 Å². The third kappa shape index (κ3) is 3.47. The molecule has 1 N–H and O–H groups in total. The van der Waals surface area contributed by atoms with Gasteiger partial charge in [0.05, 0.1) is 5.41 Å². The van der Waals surface area contributed by atoms with Crippen molar-refractivity contribution >= 4 is 27.1 Å². The van der Waals surface area contributed by atoms with Gasteiger partial charge in [-0.1, -0.05) is 43.3 Å². The molecule has 0 unspecified atom stereocenters. The number of carbonyl (C=O) groups is 1. The highest BCUT2D eigenvalue weighted by Crippen LogP contribution is 2.52. The van der Waals surface area contributed by atoms with E-state index in [2.05, 4.69) is 11.3 Å². The summed E-state index contributed by atoms with van der Waals surface area (Å²) in [5.41, 5.74) is 3.51. The minimum Gasteiger partial charge on any atom is -0.298 e. The van der Waals surface area contributed by atoms with Gasteiger partial charge in [0.1, 0.15) is 22.3 Å². The smallest absolute Gasteiger partial charge is 0.264 e. The predicted molar refractivity (Wildman–Crippen MR) is 122 cm³/mol. The van der Waals surface area contributed by atoms with Gasteiger partial charge in [-0.15, -0.1) is 0 Å². The lowest BCUT2D eigenvalue weighted by molar-refractivity contribution is -0.125. The number of sulfonamides is 1. The zero-order valence-electron chi connectivity index (χ0n) is 17.7. The second-order valence-corrected chi connectivity index (χ2v) is 10.3. The second kappa shape index (κ2) is 7.63. The van der Waals surface area contributed by atoms with Crippen molar-refractivity contribution in [3.05, 3.63) is 101 Å². The Morgan fingerprint density at radius 2 is 1.73 bits per heavy atom. The lowest BCUT2D eigenvalue weighted by Crippen LogP contribution is -2.39. The number of hydrogen-bond donors (Lipinski definition) is 1. The Morgan fingerprint density at radius 1 is 1.00 bits per heavy atom. The van der Waals surface area contributed by atoms with Gasteiger partial charge in [-0.3, -0.25) is 9.52 Å². The van der Waals surface area contributed by atoms with Crippen LogP contribution in [0.25, 0.3) is 5.57 Å². The van der Waals surface area contributed by atoms with E-state index in [1.165, 1.54) is 0 Å². The molecule has 3 aromatic carbocycles. The van der Waals surface area contributed by atoms with Crippen molar-refractivity contribution in [2.45, 2.75) is 36.0 Å². The van der Waals surface area contributed by atoms with E-state index in [1.54, 1.807) is 12.1 Å². The molecule has 0 bridgehead atoms. The number of halogens is 2. The Labute approximate surface area is 191 Å². The molecule has 2 aliphatic carbocycles. The summed E-state index contributed by atoms with van der Waals surface area (Å²) in [6, 6.07) is 15.1. The summed E-state index contributed by atoms with van der Waals surface area (Å²) in [5, 5.41) is 0. The maximum Gasteiger partial charge on any atom is 0.264 e. The summed E-state index contributed by atoms with van der Waals surface area (Å²) in [4.78, 5) is 12.3. The van der Waals surface area contributed by atoms with Gasteiger partial charge >= 0.3 is 0 Å². The van der Waals surface area contributed by atoms with Gasteiger partial charge in [0.2, 0.25) is 0 Å². The van der Waals surface area contributed by atoms with E-state index >= 15 is 0 Å². The third-order valence-corrected chi connectivity index (χ3v) is 8.14. The van der Waals surface area contributed by atoms with Crippen LogP contribution in [-0.4, -0.2) is 14.2 Å². The van der Waals surface area contributed by atoms with Crippen LogP contribution < -0.4 is 4.72 Å². The third-order valence-electron chi connectivity index (χ3n) is 6.73. The number of ketones is 1. The second-order valence-electron chi connectivity index (χ2n) is 8.61. The molecule has 0 heterocycles. The average Bonchev–Trinajstić information content (AvgIpc) is 3.04.